The number of carbonyl (C=O) groups is 2. The van der Waals surface area contributed by atoms with Crippen molar-refractivity contribution in [1.82, 2.24) is 15.2 Å². The number of piperazine rings is 1. The van der Waals surface area contributed by atoms with Crippen molar-refractivity contribution in [1.29, 1.82) is 0 Å². The molecule has 96 valence electrons. The molecule has 2 amide bonds. The number of carbonyl (C=O) groups excluding carboxylic acids is 2. The highest BCUT2D eigenvalue weighted by Crippen LogP contribution is 2.16. The van der Waals surface area contributed by atoms with Gasteiger partial charge in [0.25, 0.3) is 0 Å². The van der Waals surface area contributed by atoms with E-state index in [9.17, 15) is 9.59 Å². The van der Waals surface area contributed by atoms with E-state index in [0.717, 1.165) is 5.56 Å². The Bertz CT molecular complexity index is 447. The van der Waals surface area contributed by atoms with Crippen molar-refractivity contribution in [2.45, 2.75) is 38.9 Å². The van der Waals surface area contributed by atoms with Crippen LogP contribution in [0.4, 0.5) is 0 Å². The fourth-order valence-corrected chi connectivity index (χ4v) is 2.20. The molecule has 5 heteroatoms. The molecule has 2 unspecified atom stereocenters. The van der Waals surface area contributed by atoms with E-state index in [-0.39, 0.29) is 17.9 Å². The van der Waals surface area contributed by atoms with Crippen LogP contribution in [0.2, 0.25) is 0 Å². The van der Waals surface area contributed by atoms with Crippen molar-refractivity contribution in [3.63, 3.8) is 0 Å². The zero-order valence-corrected chi connectivity index (χ0v) is 10.6. The Kier molecular flexibility index (Phi) is 3.60. The van der Waals surface area contributed by atoms with Gasteiger partial charge >= 0.3 is 0 Å². The van der Waals surface area contributed by atoms with Gasteiger partial charge in [0, 0.05) is 18.9 Å². The first-order valence-electron chi connectivity index (χ1n) is 6.13. The number of nitrogens with one attached hydrogen (secondary N) is 1. The minimum atomic E-state index is -0.447. The predicted molar refractivity (Wildman–Crippen MR) is 66.5 cm³/mol. The number of pyridine rings is 1. The summed E-state index contributed by atoms with van der Waals surface area (Å²) in [4.78, 5) is 29.7. The quantitative estimate of drug-likeness (QED) is 0.855. The molecule has 2 heterocycles. The van der Waals surface area contributed by atoms with Crippen LogP contribution in [-0.4, -0.2) is 33.8 Å². The van der Waals surface area contributed by atoms with Gasteiger partial charge in [-0.3, -0.25) is 14.6 Å². The maximum Gasteiger partial charge on any atom is 0.245 e. The van der Waals surface area contributed by atoms with Crippen molar-refractivity contribution in [2.75, 3.05) is 0 Å². The minimum absolute atomic E-state index is 0.0368. The highest BCUT2D eigenvalue weighted by molar-refractivity contribution is 5.96. The second kappa shape index (κ2) is 5.16. The average molecular weight is 247 g/mol. The molecule has 2 atom stereocenters. The van der Waals surface area contributed by atoms with Crippen molar-refractivity contribution in [3.05, 3.63) is 30.1 Å². The molecule has 1 aromatic rings. The minimum Gasteiger partial charge on any atom is -0.343 e. The smallest absolute Gasteiger partial charge is 0.245 e. The zero-order chi connectivity index (χ0) is 13.1. The van der Waals surface area contributed by atoms with Crippen molar-refractivity contribution >= 4 is 11.8 Å². The molecule has 2 rings (SSSR count). The summed E-state index contributed by atoms with van der Waals surface area (Å²) in [6.07, 6.45) is 4.02. The second-order valence-electron chi connectivity index (χ2n) is 4.48. The summed E-state index contributed by atoms with van der Waals surface area (Å²) < 4.78 is 0. The number of nitrogens with zero attached hydrogens (tertiary/aromatic N) is 2. The summed E-state index contributed by atoms with van der Waals surface area (Å²) >= 11 is 0. The molecule has 1 N–H and O–H groups in total. The molecule has 1 aliphatic rings. The maximum absolute atomic E-state index is 12.1. The van der Waals surface area contributed by atoms with Gasteiger partial charge in [-0.25, -0.2) is 0 Å². The van der Waals surface area contributed by atoms with Crippen molar-refractivity contribution in [3.8, 4) is 0 Å². The van der Waals surface area contributed by atoms with E-state index in [4.69, 9.17) is 0 Å². The standard InChI is InChI=1S/C13H17N3O2/c1-3-11-12(17)15-9(2)13(18)16(11)8-10-5-4-6-14-7-10/h4-7,9,11H,3,8H2,1-2H3,(H,15,17). The lowest BCUT2D eigenvalue weighted by Crippen LogP contribution is -2.61. The third-order valence-corrected chi connectivity index (χ3v) is 3.15. The summed E-state index contributed by atoms with van der Waals surface area (Å²) in [5.74, 6) is -0.112. The summed E-state index contributed by atoms with van der Waals surface area (Å²) in [6, 6.07) is 2.91. The summed E-state index contributed by atoms with van der Waals surface area (Å²) in [5, 5.41) is 2.70. The van der Waals surface area contributed by atoms with Crippen LogP contribution in [-0.2, 0) is 16.1 Å². The van der Waals surface area contributed by atoms with Crippen LogP contribution in [0.3, 0.4) is 0 Å². The Morgan fingerprint density at radius 1 is 1.44 bits per heavy atom. The highest BCUT2D eigenvalue weighted by atomic mass is 16.2. The topological polar surface area (TPSA) is 62.3 Å². The van der Waals surface area contributed by atoms with Gasteiger partial charge in [-0.15, -0.1) is 0 Å². The molecular formula is C13H17N3O2. The first-order valence-corrected chi connectivity index (χ1v) is 6.13. The molecule has 5 nitrogen and oxygen atoms in total. The van der Waals surface area contributed by atoms with Gasteiger partial charge in [0.2, 0.25) is 11.8 Å². The molecule has 1 saturated heterocycles. The Hall–Kier alpha value is -1.91. The first kappa shape index (κ1) is 12.5. The van der Waals surface area contributed by atoms with Gasteiger partial charge in [-0.2, -0.15) is 0 Å². The van der Waals surface area contributed by atoms with E-state index in [1.165, 1.54) is 0 Å². The van der Waals surface area contributed by atoms with Crippen LogP contribution < -0.4 is 5.32 Å². The largest absolute Gasteiger partial charge is 0.343 e. The van der Waals surface area contributed by atoms with Gasteiger partial charge in [0.05, 0.1) is 0 Å². The molecule has 1 aromatic heterocycles. The number of hydrogen-bond acceptors (Lipinski definition) is 3. The number of aromatic nitrogens is 1. The summed E-state index contributed by atoms with van der Waals surface area (Å²) in [5.41, 5.74) is 0.936. The van der Waals surface area contributed by atoms with E-state index in [2.05, 4.69) is 10.3 Å². The maximum atomic E-state index is 12.1. The van der Waals surface area contributed by atoms with Crippen molar-refractivity contribution < 1.29 is 9.59 Å². The molecule has 1 aliphatic heterocycles. The van der Waals surface area contributed by atoms with E-state index in [0.29, 0.717) is 13.0 Å². The molecule has 0 aliphatic carbocycles. The van der Waals surface area contributed by atoms with E-state index in [1.807, 2.05) is 19.1 Å². The van der Waals surface area contributed by atoms with Crippen LogP contribution in [0.15, 0.2) is 24.5 Å². The van der Waals surface area contributed by atoms with Crippen LogP contribution >= 0.6 is 0 Å². The van der Waals surface area contributed by atoms with Gasteiger partial charge in [-0.1, -0.05) is 13.0 Å². The Morgan fingerprint density at radius 2 is 2.22 bits per heavy atom. The number of rotatable bonds is 3. The van der Waals surface area contributed by atoms with Gasteiger partial charge in [0.1, 0.15) is 12.1 Å². The molecule has 0 aromatic carbocycles. The van der Waals surface area contributed by atoms with Gasteiger partial charge in [0.15, 0.2) is 0 Å². The number of amides is 2. The van der Waals surface area contributed by atoms with Crippen molar-refractivity contribution in [2.24, 2.45) is 0 Å². The molecular weight excluding hydrogens is 230 g/mol. The SMILES string of the molecule is CCC1C(=O)NC(C)C(=O)N1Cc1cccnc1. The van der Waals surface area contributed by atoms with Crippen LogP contribution in [0.25, 0.3) is 0 Å². The molecule has 1 fully saturated rings. The van der Waals surface area contributed by atoms with Crippen LogP contribution in [0, 0.1) is 0 Å². The van der Waals surface area contributed by atoms with E-state index < -0.39 is 6.04 Å². The molecule has 0 bridgehead atoms. The van der Waals surface area contributed by atoms with E-state index >= 15 is 0 Å². The Morgan fingerprint density at radius 3 is 2.83 bits per heavy atom. The first-order chi connectivity index (χ1) is 8.63. The third kappa shape index (κ3) is 2.34. The monoisotopic (exact) mass is 247 g/mol. The molecule has 0 saturated carbocycles. The third-order valence-electron chi connectivity index (χ3n) is 3.15. The lowest BCUT2D eigenvalue weighted by Gasteiger charge is -2.37. The fourth-order valence-electron chi connectivity index (χ4n) is 2.20. The second-order valence-corrected chi connectivity index (χ2v) is 4.48. The Balaban J connectivity index is 2.21. The summed E-state index contributed by atoms with van der Waals surface area (Å²) in [6.45, 7) is 4.05. The predicted octanol–water partition coefficient (Wildman–Crippen LogP) is 0.707. The Labute approximate surface area is 106 Å². The highest BCUT2D eigenvalue weighted by Gasteiger charge is 2.37. The lowest BCUT2D eigenvalue weighted by molar-refractivity contribution is -0.149. The van der Waals surface area contributed by atoms with Crippen LogP contribution in [0.5, 0.6) is 0 Å². The average Bonchev–Trinajstić information content (AvgIpc) is 2.37. The van der Waals surface area contributed by atoms with Gasteiger partial charge < -0.3 is 10.2 Å². The normalized spacial score (nSPS) is 24.0. The molecule has 0 radical (unpaired) electrons. The fraction of sp³-hybridized carbons (Fsp3) is 0.462. The lowest BCUT2D eigenvalue weighted by atomic mass is 10.0. The number of hydrogen-bond donors (Lipinski definition) is 1. The zero-order valence-electron chi connectivity index (χ0n) is 10.6. The molecule has 0 spiro atoms. The van der Waals surface area contributed by atoms with E-state index in [1.54, 1.807) is 24.2 Å². The molecule has 18 heavy (non-hydrogen) atoms. The van der Waals surface area contributed by atoms with Crippen LogP contribution in [0.1, 0.15) is 25.8 Å². The van der Waals surface area contributed by atoms with Gasteiger partial charge in [-0.05, 0) is 25.0 Å². The summed E-state index contributed by atoms with van der Waals surface area (Å²) in [7, 11) is 0.